The van der Waals surface area contributed by atoms with E-state index in [0.717, 1.165) is 18.2 Å². The predicted octanol–water partition coefficient (Wildman–Crippen LogP) is 3.52. The van der Waals surface area contributed by atoms with E-state index in [4.69, 9.17) is 25.8 Å². The highest BCUT2D eigenvalue weighted by Crippen LogP contribution is 2.31. The Bertz CT molecular complexity index is 878. The van der Waals surface area contributed by atoms with Gasteiger partial charge in [-0.15, -0.1) is 0 Å². The van der Waals surface area contributed by atoms with Crippen LogP contribution < -0.4 is 8.92 Å². The average molecular weight is 356 g/mol. The molecular formula is C15H11ClFNO4S. The average Bonchev–Trinajstić information content (AvgIpc) is 2.51. The number of nitriles is 1. The van der Waals surface area contributed by atoms with Crippen LogP contribution in [0.3, 0.4) is 0 Å². The summed E-state index contributed by atoms with van der Waals surface area (Å²) in [7, 11) is -4.23. The molecule has 0 aliphatic heterocycles. The maximum absolute atomic E-state index is 13.1. The smallest absolute Gasteiger partial charge is 0.339 e. The van der Waals surface area contributed by atoms with Gasteiger partial charge in [0, 0.05) is 6.07 Å². The van der Waals surface area contributed by atoms with Crippen molar-refractivity contribution in [1.29, 1.82) is 5.26 Å². The van der Waals surface area contributed by atoms with Gasteiger partial charge in [0.05, 0.1) is 23.3 Å². The fourth-order valence-electron chi connectivity index (χ4n) is 1.71. The Hall–Kier alpha value is -2.30. The predicted molar refractivity (Wildman–Crippen MR) is 81.5 cm³/mol. The van der Waals surface area contributed by atoms with E-state index in [9.17, 15) is 12.8 Å². The third-order valence-corrected chi connectivity index (χ3v) is 4.27. The molecule has 5 nitrogen and oxygen atoms in total. The number of hydrogen-bond donors (Lipinski definition) is 0. The first kappa shape index (κ1) is 17.1. The van der Waals surface area contributed by atoms with E-state index in [1.54, 1.807) is 6.92 Å². The molecule has 23 heavy (non-hydrogen) atoms. The molecule has 0 radical (unpaired) electrons. The summed E-state index contributed by atoms with van der Waals surface area (Å²) in [5, 5.41) is 8.54. The highest BCUT2D eigenvalue weighted by molar-refractivity contribution is 7.87. The molecule has 0 aliphatic carbocycles. The lowest BCUT2D eigenvalue weighted by atomic mass is 10.2. The standard InChI is InChI=1S/C15H11ClFNO4S/c1-2-21-15-7-10(9-18)3-6-14(15)22-23(19,20)11-4-5-13(17)12(16)8-11/h3-8H,2H2,1H3. The van der Waals surface area contributed by atoms with Gasteiger partial charge in [-0.1, -0.05) is 11.6 Å². The Morgan fingerprint density at radius 2 is 1.96 bits per heavy atom. The van der Waals surface area contributed by atoms with Gasteiger partial charge in [-0.2, -0.15) is 13.7 Å². The number of halogens is 2. The summed E-state index contributed by atoms with van der Waals surface area (Å²) in [6.07, 6.45) is 0. The van der Waals surface area contributed by atoms with Crippen LogP contribution in [0.5, 0.6) is 11.5 Å². The number of rotatable bonds is 5. The van der Waals surface area contributed by atoms with Crippen LogP contribution in [0.2, 0.25) is 5.02 Å². The first-order chi connectivity index (χ1) is 10.9. The van der Waals surface area contributed by atoms with Crippen molar-refractivity contribution in [3.63, 3.8) is 0 Å². The molecule has 0 aliphatic rings. The molecule has 120 valence electrons. The molecule has 2 rings (SSSR count). The largest absolute Gasteiger partial charge is 0.490 e. The molecule has 0 amide bonds. The van der Waals surface area contributed by atoms with Gasteiger partial charge >= 0.3 is 10.1 Å². The van der Waals surface area contributed by atoms with Gasteiger partial charge in [-0.05, 0) is 37.3 Å². The zero-order valence-corrected chi connectivity index (χ0v) is 13.5. The molecule has 8 heteroatoms. The molecule has 0 aromatic heterocycles. The highest BCUT2D eigenvalue weighted by Gasteiger charge is 2.21. The summed E-state index contributed by atoms with van der Waals surface area (Å²) in [5.74, 6) is -0.700. The maximum atomic E-state index is 13.1. The minimum Gasteiger partial charge on any atom is -0.490 e. The molecule has 0 atom stereocenters. The second-order valence-electron chi connectivity index (χ2n) is 4.32. The lowest BCUT2D eigenvalue weighted by Gasteiger charge is -2.12. The zero-order valence-electron chi connectivity index (χ0n) is 11.9. The zero-order chi connectivity index (χ0) is 17.0. The van der Waals surface area contributed by atoms with Crippen molar-refractivity contribution >= 4 is 21.7 Å². The molecule has 2 aromatic carbocycles. The van der Waals surface area contributed by atoms with Gasteiger partial charge in [-0.3, -0.25) is 0 Å². The van der Waals surface area contributed by atoms with Crippen LogP contribution >= 0.6 is 11.6 Å². The number of ether oxygens (including phenoxy) is 1. The van der Waals surface area contributed by atoms with Crippen molar-refractivity contribution in [3.05, 3.63) is 52.8 Å². The van der Waals surface area contributed by atoms with Crippen LogP contribution in [0.15, 0.2) is 41.3 Å². The molecule has 0 unspecified atom stereocenters. The number of benzene rings is 2. The van der Waals surface area contributed by atoms with Gasteiger partial charge in [0.15, 0.2) is 11.5 Å². The quantitative estimate of drug-likeness (QED) is 0.767. The Kier molecular flexibility index (Phi) is 5.08. The SMILES string of the molecule is CCOc1cc(C#N)ccc1OS(=O)(=O)c1ccc(F)c(Cl)c1. The monoisotopic (exact) mass is 355 g/mol. The third kappa shape index (κ3) is 3.92. The van der Waals surface area contributed by atoms with Gasteiger partial charge in [-0.25, -0.2) is 4.39 Å². The Labute approximate surface area is 138 Å². The molecule has 0 fully saturated rings. The summed E-state index contributed by atoms with van der Waals surface area (Å²) in [6, 6.07) is 8.92. The summed E-state index contributed by atoms with van der Waals surface area (Å²) in [6.45, 7) is 1.96. The van der Waals surface area contributed by atoms with Crippen LogP contribution in [-0.2, 0) is 10.1 Å². The number of nitrogens with zero attached hydrogens (tertiary/aromatic N) is 1. The topological polar surface area (TPSA) is 76.4 Å². The van der Waals surface area contributed by atoms with E-state index in [2.05, 4.69) is 0 Å². The van der Waals surface area contributed by atoms with Crippen molar-refractivity contribution in [2.45, 2.75) is 11.8 Å². The van der Waals surface area contributed by atoms with E-state index in [0.29, 0.717) is 5.56 Å². The van der Waals surface area contributed by atoms with Crippen LogP contribution in [0.1, 0.15) is 12.5 Å². The van der Waals surface area contributed by atoms with E-state index in [1.165, 1.54) is 18.2 Å². The van der Waals surface area contributed by atoms with Gasteiger partial charge in [0.2, 0.25) is 0 Å². The fraction of sp³-hybridized carbons (Fsp3) is 0.133. The van der Waals surface area contributed by atoms with Crippen LogP contribution in [0, 0.1) is 17.1 Å². The summed E-state index contributed by atoms with van der Waals surface area (Å²) in [5.41, 5.74) is 0.294. The summed E-state index contributed by atoms with van der Waals surface area (Å²) >= 11 is 5.59. The van der Waals surface area contributed by atoms with Crippen LogP contribution in [-0.4, -0.2) is 15.0 Å². The van der Waals surface area contributed by atoms with Crippen LogP contribution in [0.4, 0.5) is 4.39 Å². The lowest BCUT2D eigenvalue weighted by molar-refractivity contribution is 0.327. The molecule has 0 N–H and O–H groups in total. The maximum Gasteiger partial charge on any atom is 0.339 e. The van der Waals surface area contributed by atoms with E-state index >= 15 is 0 Å². The minimum absolute atomic E-state index is 0.0775. The third-order valence-electron chi connectivity index (χ3n) is 2.75. The first-order valence-corrected chi connectivity index (χ1v) is 8.22. The van der Waals surface area contributed by atoms with Gasteiger partial charge in [0.1, 0.15) is 10.7 Å². The van der Waals surface area contributed by atoms with Crippen LogP contribution in [0.25, 0.3) is 0 Å². The minimum atomic E-state index is -4.23. The normalized spacial score (nSPS) is 10.9. The van der Waals surface area contributed by atoms with Crippen molar-refractivity contribution < 1.29 is 21.7 Å². The molecule has 0 spiro atoms. The number of hydrogen-bond acceptors (Lipinski definition) is 5. The molecule has 0 heterocycles. The highest BCUT2D eigenvalue weighted by atomic mass is 35.5. The Balaban J connectivity index is 2.40. The summed E-state index contributed by atoms with van der Waals surface area (Å²) < 4.78 is 47.9. The fourth-order valence-corrected chi connectivity index (χ4v) is 2.93. The molecule has 2 aromatic rings. The second kappa shape index (κ2) is 6.86. The van der Waals surface area contributed by atoms with Crippen molar-refractivity contribution in [1.82, 2.24) is 0 Å². The van der Waals surface area contributed by atoms with Crippen molar-refractivity contribution in [3.8, 4) is 17.6 Å². The Morgan fingerprint density at radius 3 is 2.57 bits per heavy atom. The van der Waals surface area contributed by atoms with Crippen molar-refractivity contribution in [2.24, 2.45) is 0 Å². The van der Waals surface area contributed by atoms with Gasteiger partial charge < -0.3 is 8.92 Å². The first-order valence-electron chi connectivity index (χ1n) is 6.44. The van der Waals surface area contributed by atoms with E-state index in [-0.39, 0.29) is 28.0 Å². The van der Waals surface area contributed by atoms with E-state index in [1.807, 2.05) is 6.07 Å². The second-order valence-corrected chi connectivity index (χ2v) is 6.27. The lowest BCUT2D eigenvalue weighted by Crippen LogP contribution is -2.11. The molecule has 0 bridgehead atoms. The van der Waals surface area contributed by atoms with Gasteiger partial charge in [0.25, 0.3) is 0 Å². The summed E-state index contributed by atoms with van der Waals surface area (Å²) in [4.78, 5) is -0.296. The van der Waals surface area contributed by atoms with E-state index < -0.39 is 15.9 Å². The molecule has 0 saturated heterocycles. The molecule has 0 saturated carbocycles. The Morgan fingerprint density at radius 1 is 1.22 bits per heavy atom. The van der Waals surface area contributed by atoms with Crippen molar-refractivity contribution in [2.75, 3.05) is 6.61 Å². The molecular weight excluding hydrogens is 345 g/mol.